The average molecular weight is 185 g/mol. The van der Waals surface area contributed by atoms with E-state index in [1.54, 1.807) is 0 Å². The predicted molar refractivity (Wildman–Crippen MR) is 57.1 cm³/mol. The number of nitrogens with one attached hydrogen (secondary N) is 1. The molecule has 0 saturated carbocycles. The Morgan fingerprint density at radius 3 is 2.54 bits per heavy atom. The van der Waals surface area contributed by atoms with Gasteiger partial charge in [0, 0.05) is 25.7 Å². The fraction of sp³-hybridized carbons (Fsp3) is 1.00. The van der Waals surface area contributed by atoms with Crippen molar-refractivity contribution in [3.63, 3.8) is 0 Å². The quantitative estimate of drug-likeness (QED) is 0.661. The maximum atomic E-state index is 3.42. The molecule has 0 amide bonds. The smallest absolute Gasteiger partial charge is 0.0233 e. The third kappa shape index (κ3) is 3.63. The lowest BCUT2D eigenvalue weighted by atomic mass is 10.2. The molecule has 0 aromatic heterocycles. The van der Waals surface area contributed by atoms with E-state index in [4.69, 9.17) is 0 Å². The largest absolute Gasteiger partial charge is 0.315 e. The monoisotopic (exact) mass is 185 g/mol. The summed E-state index contributed by atoms with van der Waals surface area (Å²) in [6, 6.07) is 0.782. The van der Waals surface area contributed by atoms with Crippen molar-refractivity contribution < 1.29 is 0 Å². The second-order valence-electron chi connectivity index (χ2n) is 4.08. The lowest BCUT2D eigenvalue weighted by Crippen LogP contribution is -2.40. The van der Waals surface area contributed by atoms with Gasteiger partial charge in [-0.15, -0.1) is 0 Å². The molecule has 0 aromatic rings. The third-order valence-electron chi connectivity index (χ3n) is 2.79. The van der Waals surface area contributed by atoms with Gasteiger partial charge in [-0.1, -0.05) is 6.92 Å². The molecule has 3 nitrogen and oxygen atoms in total. The van der Waals surface area contributed by atoms with Crippen LogP contribution in [0.4, 0.5) is 0 Å². The maximum absolute atomic E-state index is 3.42. The molecule has 13 heavy (non-hydrogen) atoms. The van der Waals surface area contributed by atoms with Crippen molar-refractivity contribution in [3.05, 3.63) is 0 Å². The van der Waals surface area contributed by atoms with Crippen LogP contribution in [0.15, 0.2) is 0 Å². The Bertz CT molecular complexity index is 130. The van der Waals surface area contributed by atoms with Crippen LogP contribution in [0.25, 0.3) is 0 Å². The van der Waals surface area contributed by atoms with E-state index in [2.05, 4.69) is 36.1 Å². The highest BCUT2D eigenvalue weighted by molar-refractivity contribution is 4.80. The Labute approximate surface area is 82.1 Å². The number of rotatable bonds is 5. The molecule has 0 aromatic carbocycles. The lowest BCUT2D eigenvalue weighted by molar-refractivity contribution is 0.197. The predicted octanol–water partition coefficient (Wildman–Crippen LogP) is 0.232. The zero-order valence-corrected chi connectivity index (χ0v) is 9.21. The maximum Gasteiger partial charge on any atom is 0.0233 e. The molecule has 3 heteroatoms. The minimum atomic E-state index is 0.782. The van der Waals surface area contributed by atoms with Gasteiger partial charge in [-0.2, -0.15) is 0 Å². The van der Waals surface area contributed by atoms with Crippen LogP contribution in [0, 0.1) is 0 Å². The number of nitrogens with zero attached hydrogens (tertiary/aromatic N) is 2. The Kier molecular flexibility index (Phi) is 4.70. The first kappa shape index (κ1) is 11.0. The van der Waals surface area contributed by atoms with Crippen LogP contribution in [-0.2, 0) is 0 Å². The molecule has 1 saturated heterocycles. The molecule has 0 aliphatic carbocycles. The van der Waals surface area contributed by atoms with Crippen molar-refractivity contribution in [2.75, 3.05) is 46.8 Å². The van der Waals surface area contributed by atoms with Gasteiger partial charge < -0.3 is 10.2 Å². The highest BCUT2D eigenvalue weighted by Crippen LogP contribution is 2.07. The number of hydrogen-bond acceptors (Lipinski definition) is 3. The van der Waals surface area contributed by atoms with E-state index in [0.717, 1.165) is 6.04 Å². The number of hydrogen-bond donors (Lipinski definition) is 1. The van der Waals surface area contributed by atoms with E-state index < -0.39 is 0 Å². The van der Waals surface area contributed by atoms with Crippen LogP contribution < -0.4 is 5.32 Å². The summed E-state index contributed by atoms with van der Waals surface area (Å²) >= 11 is 0. The fourth-order valence-electron chi connectivity index (χ4n) is 1.88. The van der Waals surface area contributed by atoms with E-state index in [-0.39, 0.29) is 0 Å². The van der Waals surface area contributed by atoms with Crippen molar-refractivity contribution in [3.8, 4) is 0 Å². The fourth-order valence-corrected chi connectivity index (χ4v) is 1.88. The first-order valence-corrected chi connectivity index (χ1v) is 5.33. The Balaban J connectivity index is 2.24. The van der Waals surface area contributed by atoms with Gasteiger partial charge in [0.1, 0.15) is 0 Å². The molecule has 0 bridgehead atoms. The molecule has 1 aliphatic heterocycles. The van der Waals surface area contributed by atoms with Crippen molar-refractivity contribution in [1.82, 2.24) is 15.1 Å². The van der Waals surface area contributed by atoms with E-state index in [1.807, 2.05) is 0 Å². The van der Waals surface area contributed by atoms with Gasteiger partial charge in [0.05, 0.1) is 0 Å². The first-order valence-electron chi connectivity index (χ1n) is 5.33. The molecule has 1 aliphatic rings. The van der Waals surface area contributed by atoms with Gasteiger partial charge in [-0.25, -0.2) is 0 Å². The molecule has 0 radical (unpaired) electrons. The van der Waals surface area contributed by atoms with Gasteiger partial charge in [0.25, 0.3) is 0 Å². The molecule has 1 rings (SSSR count). The summed E-state index contributed by atoms with van der Waals surface area (Å²) in [5.41, 5.74) is 0. The van der Waals surface area contributed by atoms with Crippen LogP contribution in [0.2, 0.25) is 0 Å². The summed E-state index contributed by atoms with van der Waals surface area (Å²) < 4.78 is 0. The standard InChI is InChI=1S/C10H23N3/c1-4-13(8-7-12(2)3)10-5-6-11-9-10/h10-11H,4-9H2,1-3H3. The van der Waals surface area contributed by atoms with Crippen LogP contribution in [0.3, 0.4) is 0 Å². The van der Waals surface area contributed by atoms with Gasteiger partial charge in [-0.05, 0) is 33.6 Å². The molecular weight excluding hydrogens is 162 g/mol. The average Bonchev–Trinajstić information content (AvgIpc) is 2.58. The Hall–Kier alpha value is -0.120. The van der Waals surface area contributed by atoms with Crippen molar-refractivity contribution in [1.29, 1.82) is 0 Å². The zero-order chi connectivity index (χ0) is 9.68. The van der Waals surface area contributed by atoms with Gasteiger partial charge in [-0.3, -0.25) is 4.90 Å². The summed E-state index contributed by atoms with van der Waals surface area (Å²) in [4.78, 5) is 4.84. The lowest BCUT2D eigenvalue weighted by Gasteiger charge is -2.28. The number of likely N-dealkylation sites (N-methyl/N-ethyl adjacent to an activating group) is 2. The van der Waals surface area contributed by atoms with Crippen LogP contribution in [0.5, 0.6) is 0 Å². The normalized spacial score (nSPS) is 23.3. The van der Waals surface area contributed by atoms with Gasteiger partial charge in [0.15, 0.2) is 0 Å². The van der Waals surface area contributed by atoms with E-state index >= 15 is 0 Å². The summed E-state index contributed by atoms with van der Waals surface area (Å²) in [7, 11) is 4.28. The topological polar surface area (TPSA) is 18.5 Å². The van der Waals surface area contributed by atoms with Crippen LogP contribution in [0.1, 0.15) is 13.3 Å². The van der Waals surface area contributed by atoms with Crippen LogP contribution in [-0.4, -0.2) is 62.7 Å². The van der Waals surface area contributed by atoms with E-state index in [9.17, 15) is 0 Å². The molecule has 0 spiro atoms. The minimum absolute atomic E-state index is 0.782. The van der Waals surface area contributed by atoms with Gasteiger partial charge in [0.2, 0.25) is 0 Å². The molecule has 1 atom stereocenters. The zero-order valence-electron chi connectivity index (χ0n) is 9.21. The second kappa shape index (κ2) is 5.58. The first-order chi connectivity index (χ1) is 6.24. The second-order valence-corrected chi connectivity index (χ2v) is 4.08. The highest BCUT2D eigenvalue weighted by atomic mass is 15.2. The van der Waals surface area contributed by atoms with E-state index in [0.29, 0.717) is 0 Å². The van der Waals surface area contributed by atoms with E-state index in [1.165, 1.54) is 39.1 Å². The Morgan fingerprint density at radius 2 is 2.08 bits per heavy atom. The molecule has 1 unspecified atom stereocenters. The van der Waals surface area contributed by atoms with Crippen molar-refractivity contribution >= 4 is 0 Å². The SMILES string of the molecule is CCN(CCN(C)C)C1CCNC1. The van der Waals surface area contributed by atoms with Crippen LogP contribution >= 0.6 is 0 Å². The van der Waals surface area contributed by atoms with Gasteiger partial charge >= 0.3 is 0 Å². The molecular formula is C10H23N3. The highest BCUT2D eigenvalue weighted by Gasteiger charge is 2.20. The Morgan fingerprint density at radius 1 is 1.31 bits per heavy atom. The molecule has 1 fully saturated rings. The minimum Gasteiger partial charge on any atom is -0.315 e. The summed E-state index contributed by atoms with van der Waals surface area (Å²) in [6.07, 6.45) is 1.32. The molecule has 1 N–H and O–H groups in total. The molecule has 1 heterocycles. The van der Waals surface area contributed by atoms with Crippen molar-refractivity contribution in [2.24, 2.45) is 0 Å². The summed E-state index contributed by atoms with van der Waals surface area (Å²) in [5, 5.41) is 3.42. The molecule has 78 valence electrons. The summed E-state index contributed by atoms with van der Waals surface area (Å²) in [6.45, 7) is 8.19. The van der Waals surface area contributed by atoms with Crippen molar-refractivity contribution in [2.45, 2.75) is 19.4 Å². The third-order valence-corrected chi connectivity index (χ3v) is 2.79. The summed E-state index contributed by atoms with van der Waals surface area (Å²) in [5.74, 6) is 0.